The first-order valence-electron chi connectivity index (χ1n) is 9.42. The summed E-state index contributed by atoms with van der Waals surface area (Å²) in [5, 5.41) is 0. The van der Waals surface area contributed by atoms with E-state index in [1.165, 1.54) is 0 Å². The summed E-state index contributed by atoms with van der Waals surface area (Å²) in [4.78, 5) is 31.1. The second-order valence-electron chi connectivity index (χ2n) is 6.44. The molecule has 0 unspecified atom stereocenters. The lowest BCUT2D eigenvalue weighted by Crippen LogP contribution is -2.45. The number of nitrogens with one attached hydrogen (secondary N) is 3. The third kappa shape index (κ3) is 5.83. The van der Waals surface area contributed by atoms with E-state index in [1.54, 1.807) is 36.3 Å². The maximum Gasteiger partial charge on any atom is 0.266 e. The van der Waals surface area contributed by atoms with Crippen LogP contribution in [0.2, 0.25) is 0 Å². The fourth-order valence-electron chi connectivity index (χ4n) is 2.79. The van der Waals surface area contributed by atoms with Gasteiger partial charge in [-0.15, -0.1) is 0 Å². The van der Waals surface area contributed by atoms with Crippen molar-refractivity contribution in [1.29, 1.82) is 0 Å². The zero-order valence-corrected chi connectivity index (χ0v) is 17.3. The lowest BCUT2D eigenvalue weighted by molar-refractivity contribution is -0.109. The molecule has 3 rings (SSSR count). The predicted molar refractivity (Wildman–Crippen MR) is 120 cm³/mol. The first-order chi connectivity index (χ1) is 14.7. The van der Waals surface area contributed by atoms with Gasteiger partial charge in [-0.25, -0.2) is 10.4 Å². The molecule has 0 aliphatic heterocycles. The highest BCUT2D eigenvalue weighted by Gasteiger charge is 2.15. The molecule has 1 atom stereocenters. The fourth-order valence-corrected chi connectivity index (χ4v) is 3.28. The minimum absolute atomic E-state index is 0.310. The topological polar surface area (TPSA) is 86.9 Å². The van der Waals surface area contributed by atoms with E-state index in [-0.39, 0.29) is 5.91 Å². The number of amides is 1. The quantitative estimate of drug-likeness (QED) is 0.297. The molecule has 0 aliphatic rings. The van der Waals surface area contributed by atoms with Gasteiger partial charge >= 0.3 is 0 Å². The number of nitrogens with zero attached hydrogens (tertiary/aromatic N) is 1. The fraction of sp³-hybridized carbons (Fsp3) is 0.174. The highest BCUT2D eigenvalue weighted by Crippen LogP contribution is 2.25. The normalized spacial score (nSPS) is 11.2. The number of thioether (sulfide) groups is 1. The smallest absolute Gasteiger partial charge is 0.266 e. The molecule has 0 spiro atoms. The van der Waals surface area contributed by atoms with Crippen LogP contribution in [0.25, 0.3) is 11.1 Å². The summed E-state index contributed by atoms with van der Waals surface area (Å²) in [6, 6.07) is 14.6. The maximum atomic E-state index is 12.8. The van der Waals surface area contributed by atoms with Crippen molar-refractivity contribution >= 4 is 24.0 Å². The predicted octanol–water partition coefficient (Wildman–Crippen LogP) is 3.03. The van der Waals surface area contributed by atoms with Crippen LogP contribution >= 0.6 is 11.8 Å². The van der Waals surface area contributed by atoms with Crippen LogP contribution in [0.15, 0.2) is 60.9 Å². The zero-order valence-electron chi connectivity index (χ0n) is 16.5. The van der Waals surface area contributed by atoms with Crippen molar-refractivity contribution in [2.45, 2.75) is 12.5 Å². The number of hydrazine groups is 1. The highest BCUT2D eigenvalue weighted by atomic mass is 32.2. The maximum absolute atomic E-state index is 12.8. The number of aromatic nitrogens is 2. The van der Waals surface area contributed by atoms with Gasteiger partial charge < -0.3 is 9.78 Å². The summed E-state index contributed by atoms with van der Waals surface area (Å²) < 4.78 is 0. The van der Waals surface area contributed by atoms with Crippen LogP contribution in [0, 0.1) is 11.8 Å². The molecule has 30 heavy (non-hydrogen) atoms. The van der Waals surface area contributed by atoms with Gasteiger partial charge in [-0.1, -0.05) is 36.3 Å². The molecule has 7 heteroatoms. The largest absolute Gasteiger partial charge is 0.338 e. The van der Waals surface area contributed by atoms with Crippen molar-refractivity contribution in [1.82, 2.24) is 20.8 Å². The molecular weight excluding hydrogens is 396 g/mol. The van der Waals surface area contributed by atoms with Crippen LogP contribution in [-0.2, 0) is 4.79 Å². The van der Waals surface area contributed by atoms with Crippen LogP contribution in [-0.4, -0.2) is 40.2 Å². The van der Waals surface area contributed by atoms with E-state index in [0.717, 1.165) is 28.7 Å². The Hall–Kier alpha value is -3.34. The summed E-state index contributed by atoms with van der Waals surface area (Å²) in [6.45, 7) is 0. The van der Waals surface area contributed by atoms with Gasteiger partial charge in [0, 0.05) is 23.5 Å². The summed E-state index contributed by atoms with van der Waals surface area (Å²) in [5.41, 5.74) is 8.40. The monoisotopic (exact) mass is 418 g/mol. The molecule has 0 bridgehead atoms. The van der Waals surface area contributed by atoms with Crippen LogP contribution in [0.3, 0.4) is 0 Å². The number of carbonyl (C=O) groups is 2. The molecule has 0 radical (unpaired) electrons. The molecule has 3 N–H and O–H groups in total. The third-order valence-corrected chi connectivity index (χ3v) is 4.98. The number of imidazole rings is 1. The van der Waals surface area contributed by atoms with Gasteiger partial charge in [0.2, 0.25) is 0 Å². The van der Waals surface area contributed by atoms with Gasteiger partial charge in [-0.05, 0) is 53.7 Å². The molecule has 0 saturated heterocycles. The van der Waals surface area contributed by atoms with E-state index < -0.39 is 6.04 Å². The van der Waals surface area contributed by atoms with Crippen molar-refractivity contribution in [3.05, 3.63) is 77.9 Å². The molecule has 3 aromatic rings. The summed E-state index contributed by atoms with van der Waals surface area (Å²) in [6.07, 6.45) is 6.78. The van der Waals surface area contributed by atoms with Gasteiger partial charge in [-0.2, -0.15) is 11.8 Å². The van der Waals surface area contributed by atoms with E-state index in [1.807, 2.05) is 42.7 Å². The molecule has 152 valence electrons. The number of aldehydes is 1. The Kier molecular flexibility index (Phi) is 7.84. The lowest BCUT2D eigenvalue weighted by Gasteiger charge is -2.15. The average Bonchev–Trinajstić information content (AvgIpc) is 3.32. The number of hydrogen-bond acceptors (Lipinski definition) is 5. The Labute approximate surface area is 179 Å². The minimum Gasteiger partial charge on any atom is -0.338 e. The van der Waals surface area contributed by atoms with Crippen molar-refractivity contribution < 1.29 is 9.59 Å². The Balaban J connectivity index is 1.85. The molecule has 1 aromatic heterocycles. The Morgan fingerprint density at radius 2 is 2.07 bits per heavy atom. The van der Waals surface area contributed by atoms with Gasteiger partial charge in [-0.3, -0.25) is 10.2 Å². The summed E-state index contributed by atoms with van der Waals surface area (Å²) >= 11 is 1.65. The Morgan fingerprint density at radius 1 is 1.23 bits per heavy atom. The Bertz CT molecular complexity index is 1040. The van der Waals surface area contributed by atoms with Crippen molar-refractivity contribution in [3.8, 4) is 23.0 Å². The molecule has 2 aromatic carbocycles. The zero-order chi connectivity index (χ0) is 21.2. The van der Waals surface area contributed by atoms with Crippen molar-refractivity contribution in [3.63, 3.8) is 0 Å². The molecule has 0 fully saturated rings. The standard InChI is InChI=1S/C23H22N4O2S/c1-30-14-11-19(16-28)26-27-23(29)20-9-7-17(8-10-22-24-12-13-25-22)15-21(20)18-5-3-2-4-6-18/h2-7,9,12-13,15-16,19,26H,11,14H2,1H3,(H,24,25)(H,27,29)/t19-/m1/s1. The first-order valence-corrected chi connectivity index (χ1v) is 10.8. The van der Waals surface area contributed by atoms with E-state index in [4.69, 9.17) is 0 Å². The summed E-state index contributed by atoms with van der Waals surface area (Å²) in [5.74, 6) is 7.12. The molecule has 1 heterocycles. The van der Waals surface area contributed by atoms with Gasteiger partial charge in [0.15, 0.2) is 5.82 Å². The number of H-pyrrole nitrogens is 1. The third-order valence-electron chi connectivity index (χ3n) is 4.34. The average molecular weight is 419 g/mol. The lowest BCUT2D eigenvalue weighted by atomic mass is 9.97. The van der Waals surface area contributed by atoms with Gasteiger partial charge in [0.25, 0.3) is 5.91 Å². The molecule has 6 nitrogen and oxygen atoms in total. The van der Waals surface area contributed by atoms with Crippen LogP contribution in [0.1, 0.15) is 28.2 Å². The number of rotatable bonds is 8. The van der Waals surface area contributed by atoms with Crippen LogP contribution < -0.4 is 10.9 Å². The van der Waals surface area contributed by atoms with Crippen molar-refractivity contribution in [2.75, 3.05) is 12.0 Å². The number of hydrogen-bond donors (Lipinski definition) is 3. The van der Waals surface area contributed by atoms with Crippen molar-refractivity contribution in [2.24, 2.45) is 0 Å². The molecule has 1 amide bonds. The molecular formula is C23H22N4O2S. The van der Waals surface area contributed by atoms with E-state index >= 15 is 0 Å². The molecule has 0 saturated carbocycles. The number of benzene rings is 2. The van der Waals surface area contributed by atoms with Crippen LogP contribution in [0.4, 0.5) is 0 Å². The SMILES string of the molecule is CSCC[C@H](C=O)NNC(=O)c1ccc(C#Cc2ncc[nH]2)cc1-c1ccccc1. The van der Waals surface area contributed by atoms with E-state index in [9.17, 15) is 9.59 Å². The molecule has 0 aliphatic carbocycles. The van der Waals surface area contributed by atoms with Crippen LogP contribution in [0.5, 0.6) is 0 Å². The second-order valence-corrected chi connectivity index (χ2v) is 7.42. The first kappa shape index (κ1) is 21.4. The number of aromatic amines is 1. The summed E-state index contributed by atoms with van der Waals surface area (Å²) in [7, 11) is 0. The minimum atomic E-state index is -0.431. The van der Waals surface area contributed by atoms with Gasteiger partial charge in [0.05, 0.1) is 6.04 Å². The second kappa shape index (κ2) is 11.0. The van der Waals surface area contributed by atoms with E-state index in [0.29, 0.717) is 17.8 Å². The highest BCUT2D eigenvalue weighted by molar-refractivity contribution is 7.98. The van der Waals surface area contributed by atoms with Gasteiger partial charge in [0.1, 0.15) is 6.29 Å². The van der Waals surface area contributed by atoms with E-state index in [2.05, 4.69) is 32.7 Å². The Morgan fingerprint density at radius 3 is 2.77 bits per heavy atom. The number of carbonyl (C=O) groups excluding carboxylic acids is 2.